The van der Waals surface area contributed by atoms with Gasteiger partial charge >= 0.3 is 0 Å². The number of nitrogens with two attached hydrogens (primary N) is 1. The third-order valence-corrected chi connectivity index (χ3v) is 4.87. The Labute approximate surface area is 113 Å². The summed E-state index contributed by atoms with van der Waals surface area (Å²) in [5.74, 6) is -0.568. The number of ether oxygens (including phenoxy) is 1. The van der Waals surface area contributed by atoms with Crippen molar-refractivity contribution >= 4 is 10.0 Å². The molecule has 5 nitrogen and oxygen atoms in total. The Morgan fingerprint density at radius 1 is 1.42 bits per heavy atom. The van der Waals surface area contributed by atoms with Crippen LogP contribution in [-0.2, 0) is 21.3 Å². The second-order valence-corrected chi connectivity index (χ2v) is 6.24. The number of likely N-dealkylation sites (N-methyl/N-ethyl adjacent to an activating group) is 1. The Kier molecular flexibility index (Phi) is 5.42. The number of hydrogen-bond donors (Lipinski definition) is 1. The monoisotopic (exact) mass is 290 g/mol. The summed E-state index contributed by atoms with van der Waals surface area (Å²) in [6.45, 7) is 1.99. The summed E-state index contributed by atoms with van der Waals surface area (Å²) >= 11 is 0. The van der Waals surface area contributed by atoms with Crippen molar-refractivity contribution in [1.82, 2.24) is 4.31 Å². The van der Waals surface area contributed by atoms with Crippen LogP contribution in [0.5, 0.6) is 0 Å². The standard InChI is InChI=1S/C12H19FN2O3S/c1-9-11(13)6-10(8-14)7-12(9)19(16,17)15(2)4-5-18-3/h6-7H,4-5,8,14H2,1-3H3. The highest BCUT2D eigenvalue weighted by Crippen LogP contribution is 2.23. The molecule has 0 atom stereocenters. The maximum absolute atomic E-state index is 13.7. The van der Waals surface area contributed by atoms with Gasteiger partial charge in [0, 0.05) is 32.8 Å². The zero-order chi connectivity index (χ0) is 14.6. The molecule has 0 spiro atoms. The van der Waals surface area contributed by atoms with Crippen LogP contribution in [0.1, 0.15) is 11.1 Å². The first kappa shape index (κ1) is 16.0. The molecule has 0 amide bonds. The lowest BCUT2D eigenvalue weighted by Crippen LogP contribution is -2.31. The highest BCUT2D eigenvalue weighted by atomic mass is 32.2. The van der Waals surface area contributed by atoms with Gasteiger partial charge in [0.1, 0.15) is 5.82 Å². The summed E-state index contributed by atoms with van der Waals surface area (Å²) in [5.41, 5.74) is 5.99. The number of nitrogens with zero attached hydrogens (tertiary/aromatic N) is 1. The summed E-state index contributed by atoms with van der Waals surface area (Å²) in [5, 5.41) is 0. The van der Waals surface area contributed by atoms with Crippen molar-refractivity contribution in [2.45, 2.75) is 18.4 Å². The number of halogens is 1. The summed E-state index contributed by atoms with van der Waals surface area (Å²) in [7, 11) is -0.821. The van der Waals surface area contributed by atoms with Gasteiger partial charge in [-0.25, -0.2) is 12.8 Å². The zero-order valence-corrected chi connectivity index (χ0v) is 12.1. The normalized spacial score (nSPS) is 12.1. The molecule has 0 heterocycles. The van der Waals surface area contributed by atoms with Crippen LogP contribution in [0.3, 0.4) is 0 Å². The number of methoxy groups -OCH3 is 1. The molecule has 0 bridgehead atoms. The van der Waals surface area contributed by atoms with Crippen LogP contribution < -0.4 is 5.73 Å². The minimum absolute atomic E-state index is 0.0495. The second kappa shape index (κ2) is 6.42. The molecule has 7 heteroatoms. The van der Waals surface area contributed by atoms with Crippen LogP contribution in [0.15, 0.2) is 17.0 Å². The van der Waals surface area contributed by atoms with E-state index in [0.29, 0.717) is 5.56 Å². The Morgan fingerprint density at radius 3 is 2.58 bits per heavy atom. The van der Waals surface area contributed by atoms with Crippen LogP contribution in [-0.4, -0.2) is 40.0 Å². The van der Waals surface area contributed by atoms with Crippen molar-refractivity contribution in [3.05, 3.63) is 29.1 Å². The van der Waals surface area contributed by atoms with E-state index < -0.39 is 15.8 Å². The summed E-state index contributed by atoms with van der Waals surface area (Å²) in [6.07, 6.45) is 0. The SMILES string of the molecule is COCCN(C)S(=O)(=O)c1cc(CN)cc(F)c1C. The van der Waals surface area contributed by atoms with Crippen molar-refractivity contribution < 1.29 is 17.5 Å². The molecule has 0 aliphatic heterocycles. The molecule has 1 aromatic rings. The topological polar surface area (TPSA) is 72.6 Å². The molecule has 1 rings (SSSR count). The van der Waals surface area contributed by atoms with Gasteiger partial charge in [-0.15, -0.1) is 0 Å². The fourth-order valence-electron chi connectivity index (χ4n) is 1.60. The molecule has 2 N–H and O–H groups in total. The molecular formula is C12H19FN2O3S. The Bertz CT molecular complexity index is 546. The molecule has 0 aromatic heterocycles. The molecule has 0 saturated heterocycles. The Balaban J connectivity index is 3.24. The average Bonchev–Trinajstić information content (AvgIpc) is 2.38. The predicted molar refractivity (Wildman–Crippen MR) is 70.7 cm³/mol. The molecule has 0 saturated carbocycles. The molecule has 0 radical (unpaired) electrons. The summed E-state index contributed by atoms with van der Waals surface area (Å²) in [4.78, 5) is -0.0495. The van der Waals surface area contributed by atoms with Crippen molar-refractivity contribution in [3.8, 4) is 0 Å². The van der Waals surface area contributed by atoms with Crippen LogP contribution in [0.2, 0.25) is 0 Å². The van der Waals surface area contributed by atoms with Gasteiger partial charge in [0.05, 0.1) is 11.5 Å². The lowest BCUT2D eigenvalue weighted by molar-refractivity contribution is 0.185. The first-order valence-corrected chi connectivity index (χ1v) is 7.23. The minimum atomic E-state index is -3.74. The van der Waals surface area contributed by atoms with E-state index in [2.05, 4.69) is 0 Å². The van der Waals surface area contributed by atoms with E-state index in [1.165, 1.54) is 33.2 Å². The lowest BCUT2D eigenvalue weighted by Gasteiger charge is -2.19. The van der Waals surface area contributed by atoms with Gasteiger partial charge in [0.15, 0.2) is 0 Å². The van der Waals surface area contributed by atoms with Gasteiger partial charge < -0.3 is 10.5 Å². The molecule has 0 unspecified atom stereocenters. The van der Waals surface area contributed by atoms with E-state index in [1.807, 2.05) is 0 Å². The van der Waals surface area contributed by atoms with Crippen molar-refractivity contribution in [2.24, 2.45) is 5.73 Å². The maximum atomic E-state index is 13.7. The number of benzene rings is 1. The Morgan fingerprint density at radius 2 is 2.05 bits per heavy atom. The fraction of sp³-hybridized carbons (Fsp3) is 0.500. The molecule has 0 fully saturated rings. The third kappa shape index (κ3) is 3.50. The fourth-order valence-corrected chi connectivity index (χ4v) is 3.04. The van der Waals surface area contributed by atoms with Gasteiger partial charge in [-0.1, -0.05) is 0 Å². The summed E-state index contributed by atoms with van der Waals surface area (Å²) in [6, 6.07) is 2.67. The molecule has 0 aliphatic rings. The lowest BCUT2D eigenvalue weighted by atomic mass is 10.1. The largest absolute Gasteiger partial charge is 0.383 e. The smallest absolute Gasteiger partial charge is 0.243 e. The van der Waals surface area contributed by atoms with Gasteiger partial charge in [0.25, 0.3) is 0 Å². The van der Waals surface area contributed by atoms with Crippen LogP contribution in [0, 0.1) is 12.7 Å². The van der Waals surface area contributed by atoms with Crippen molar-refractivity contribution in [2.75, 3.05) is 27.3 Å². The van der Waals surface area contributed by atoms with E-state index in [0.717, 1.165) is 4.31 Å². The molecular weight excluding hydrogens is 271 g/mol. The minimum Gasteiger partial charge on any atom is -0.383 e. The molecule has 1 aromatic carbocycles. The number of sulfonamides is 1. The van der Waals surface area contributed by atoms with Gasteiger partial charge in [-0.3, -0.25) is 0 Å². The van der Waals surface area contributed by atoms with E-state index in [1.54, 1.807) is 0 Å². The van der Waals surface area contributed by atoms with Crippen LogP contribution >= 0.6 is 0 Å². The predicted octanol–water partition coefficient (Wildman–Crippen LogP) is 0.860. The van der Waals surface area contributed by atoms with E-state index >= 15 is 0 Å². The first-order chi connectivity index (χ1) is 8.84. The molecule has 19 heavy (non-hydrogen) atoms. The highest BCUT2D eigenvalue weighted by Gasteiger charge is 2.24. The van der Waals surface area contributed by atoms with E-state index in [4.69, 9.17) is 10.5 Å². The first-order valence-electron chi connectivity index (χ1n) is 5.79. The van der Waals surface area contributed by atoms with Crippen molar-refractivity contribution in [3.63, 3.8) is 0 Å². The quantitative estimate of drug-likeness (QED) is 0.843. The van der Waals surface area contributed by atoms with E-state index in [-0.39, 0.29) is 30.2 Å². The summed E-state index contributed by atoms with van der Waals surface area (Å²) < 4.78 is 44.4. The zero-order valence-electron chi connectivity index (χ0n) is 11.3. The van der Waals surface area contributed by atoms with Crippen LogP contribution in [0.25, 0.3) is 0 Å². The Hall–Kier alpha value is -1.02. The van der Waals surface area contributed by atoms with Gasteiger partial charge in [0.2, 0.25) is 10.0 Å². The molecule has 108 valence electrons. The number of hydrogen-bond acceptors (Lipinski definition) is 4. The van der Waals surface area contributed by atoms with Gasteiger partial charge in [-0.05, 0) is 24.6 Å². The second-order valence-electron chi connectivity index (χ2n) is 4.22. The molecule has 0 aliphatic carbocycles. The van der Waals surface area contributed by atoms with Gasteiger partial charge in [-0.2, -0.15) is 4.31 Å². The maximum Gasteiger partial charge on any atom is 0.243 e. The average molecular weight is 290 g/mol. The van der Waals surface area contributed by atoms with Crippen LogP contribution in [0.4, 0.5) is 4.39 Å². The van der Waals surface area contributed by atoms with Crippen molar-refractivity contribution in [1.29, 1.82) is 0 Å². The van der Waals surface area contributed by atoms with E-state index in [9.17, 15) is 12.8 Å². The third-order valence-electron chi connectivity index (χ3n) is 2.89. The highest BCUT2D eigenvalue weighted by molar-refractivity contribution is 7.89. The number of rotatable bonds is 6.